The molecule has 0 fully saturated rings. The highest BCUT2D eigenvalue weighted by Gasteiger charge is 2.21. The van der Waals surface area contributed by atoms with Gasteiger partial charge in [-0.2, -0.15) is 0 Å². The van der Waals surface area contributed by atoms with E-state index in [1.54, 1.807) is 12.1 Å². The molecule has 0 aliphatic carbocycles. The summed E-state index contributed by atoms with van der Waals surface area (Å²) in [7, 11) is 0. The van der Waals surface area contributed by atoms with Crippen molar-refractivity contribution in [2.45, 2.75) is 19.8 Å². The molecular weight excluding hydrogens is 253 g/mol. The summed E-state index contributed by atoms with van der Waals surface area (Å²) in [5.74, 6) is -1.79. The summed E-state index contributed by atoms with van der Waals surface area (Å²) in [5, 5.41) is 9.30. The van der Waals surface area contributed by atoms with Gasteiger partial charge in [0.25, 0.3) is 6.43 Å². The second-order valence-electron chi connectivity index (χ2n) is 4.21. The van der Waals surface area contributed by atoms with Crippen molar-refractivity contribution in [3.63, 3.8) is 0 Å². The molecule has 2 aromatic rings. The van der Waals surface area contributed by atoms with Gasteiger partial charge in [0, 0.05) is 5.56 Å². The molecule has 0 aromatic heterocycles. The van der Waals surface area contributed by atoms with Crippen LogP contribution >= 0.6 is 0 Å². The number of halogens is 3. The molecule has 2 aromatic carbocycles. The molecule has 0 heterocycles. The summed E-state index contributed by atoms with van der Waals surface area (Å²) < 4.78 is 39.4. The molecule has 0 saturated carbocycles. The van der Waals surface area contributed by atoms with Gasteiger partial charge in [-0.3, -0.25) is 0 Å². The van der Waals surface area contributed by atoms with E-state index in [0.717, 1.165) is 18.1 Å². The third kappa shape index (κ3) is 2.57. The fraction of sp³-hybridized carbons (Fsp3) is 0.200. The van der Waals surface area contributed by atoms with Gasteiger partial charge in [0.2, 0.25) is 0 Å². The zero-order chi connectivity index (χ0) is 14.0. The van der Waals surface area contributed by atoms with Gasteiger partial charge in [0.15, 0.2) is 0 Å². The number of rotatable bonds is 3. The Morgan fingerprint density at radius 2 is 1.68 bits per heavy atom. The Kier molecular flexibility index (Phi) is 3.79. The molecule has 0 radical (unpaired) electrons. The Balaban J connectivity index is 2.53. The maximum atomic E-state index is 14.0. The molecular formula is C15H13F3O. The molecule has 0 bridgehead atoms. The molecule has 0 unspecified atom stereocenters. The van der Waals surface area contributed by atoms with Crippen molar-refractivity contribution in [1.29, 1.82) is 0 Å². The minimum atomic E-state index is -3.05. The number of benzene rings is 2. The van der Waals surface area contributed by atoms with Crippen molar-refractivity contribution in [3.8, 4) is 16.9 Å². The largest absolute Gasteiger partial charge is 0.507 e. The van der Waals surface area contributed by atoms with Gasteiger partial charge < -0.3 is 5.11 Å². The number of alkyl halides is 2. The molecule has 0 atom stereocenters. The van der Waals surface area contributed by atoms with Gasteiger partial charge in [-0.1, -0.05) is 31.2 Å². The number of hydrogen-bond acceptors (Lipinski definition) is 1. The number of aryl methyl sites for hydroxylation is 1. The molecule has 100 valence electrons. The van der Waals surface area contributed by atoms with Crippen LogP contribution < -0.4 is 0 Å². The summed E-state index contributed by atoms with van der Waals surface area (Å²) in [6.07, 6.45) is -2.20. The number of phenols is 1. The van der Waals surface area contributed by atoms with Crippen molar-refractivity contribution in [2.75, 3.05) is 0 Å². The van der Waals surface area contributed by atoms with Crippen molar-refractivity contribution < 1.29 is 18.3 Å². The molecule has 0 spiro atoms. The summed E-state index contributed by atoms with van der Waals surface area (Å²) in [4.78, 5) is 0. The normalized spacial score (nSPS) is 11.0. The highest BCUT2D eigenvalue weighted by molar-refractivity contribution is 5.67. The average Bonchev–Trinajstić information content (AvgIpc) is 2.39. The van der Waals surface area contributed by atoms with E-state index in [9.17, 15) is 18.3 Å². The Morgan fingerprint density at radius 1 is 1.05 bits per heavy atom. The highest BCUT2D eigenvalue weighted by atomic mass is 19.3. The molecule has 19 heavy (non-hydrogen) atoms. The highest BCUT2D eigenvalue weighted by Crippen LogP contribution is 2.36. The second kappa shape index (κ2) is 5.34. The first-order chi connectivity index (χ1) is 9.04. The second-order valence-corrected chi connectivity index (χ2v) is 4.21. The third-order valence-corrected chi connectivity index (χ3v) is 3.05. The van der Waals surface area contributed by atoms with E-state index in [0.29, 0.717) is 5.56 Å². The van der Waals surface area contributed by atoms with Crippen LogP contribution in [0.25, 0.3) is 11.1 Å². The summed E-state index contributed by atoms with van der Waals surface area (Å²) >= 11 is 0. The molecule has 1 N–H and O–H groups in total. The van der Waals surface area contributed by atoms with Gasteiger partial charge in [-0.05, 0) is 29.7 Å². The lowest BCUT2D eigenvalue weighted by atomic mass is 10.00. The topological polar surface area (TPSA) is 20.2 Å². The maximum absolute atomic E-state index is 14.0. The predicted octanol–water partition coefficient (Wildman–Crippen LogP) is 4.70. The van der Waals surface area contributed by atoms with Gasteiger partial charge in [0.05, 0.1) is 5.56 Å². The predicted molar refractivity (Wildman–Crippen MR) is 67.8 cm³/mol. The SMILES string of the molecule is CCc1ccc(-c2ccc(O)c(C(F)F)c2F)cc1. The first kappa shape index (κ1) is 13.5. The van der Waals surface area contributed by atoms with E-state index in [2.05, 4.69) is 0 Å². The van der Waals surface area contributed by atoms with Gasteiger partial charge >= 0.3 is 0 Å². The fourth-order valence-corrected chi connectivity index (χ4v) is 1.93. The summed E-state index contributed by atoms with van der Waals surface area (Å²) in [6.45, 7) is 1.99. The smallest absolute Gasteiger partial charge is 0.270 e. The average molecular weight is 266 g/mol. The Morgan fingerprint density at radius 3 is 2.21 bits per heavy atom. The van der Waals surface area contributed by atoms with Crippen molar-refractivity contribution in [1.82, 2.24) is 0 Å². The first-order valence-corrected chi connectivity index (χ1v) is 5.93. The van der Waals surface area contributed by atoms with E-state index in [4.69, 9.17) is 0 Å². The Labute approximate surface area is 109 Å². The molecule has 0 aliphatic rings. The van der Waals surface area contributed by atoms with Crippen LogP contribution in [0.1, 0.15) is 24.5 Å². The Bertz CT molecular complexity index is 577. The lowest BCUT2D eigenvalue weighted by molar-refractivity contribution is 0.142. The molecule has 1 nitrogen and oxygen atoms in total. The van der Waals surface area contributed by atoms with E-state index >= 15 is 0 Å². The van der Waals surface area contributed by atoms with Crippen LogP contribution in [-0.2, 0) is 6.42 Å². The Hall–Kier alpha value is -1.97. The lowest BCUT2D eigenvalue weighted by Crippen LogP contribution is -1.95. The molecule has 0 saturated heterocycles. The van der Waals surface area contributed by atoms with Crippen molar-refractivity contribution in [2.24, 2.45) is 0 Å². The zero-order valence-electron chi connectivity index (χ0n) is 10.3. The summed E-state index contributed by atoms with van der Waals surface area (Å²) in [6, 6.07) is 9.41. The zero-order valence-corrected chi connectivity index (χ0v) is 10.3. The molecule has 2 rings (SSSR count). The standard InChI is InChI=1S/C15H13F3O/c1-2-9-3-5-10(6-4-9)11-7-8-12(19)13(14(11)16)15(17)18/h3-8,15,19H,2H2,1H3. The monoisotopic (exact) mass is 266 g/mol. The van der Waals surface area contributed by atoms with Gasteiger partial charge in [0.1, 0.15) is 11.6 Å². The van der Waals surface area contributed by atoms with Gasteiger partial charge in [-0.25, -0.2) is 13.2 Å². The number of phenolic OH excluding ortho intramolecular Hbond substituents is 1. The summed E-state index contributed by atoms with van der Waals surface area (Å²) in [5.41, 5.74) is 0.710. The third-order valence-electron chi connectivity index (χ3n) is 3.05. The van der Waals surface area contributed by atoms with Crippen LogP contribution in [0.3, 0.4) is 0 Å². The van der Waals surface area contributed by atoms with Crippen molar-refractivity contribution >= 4 is 0 Å². The minimum Gasteiger partial charge on any atom is -0.507 e. The first-order valence-electron chi connectivity index (χ1n) is 5.93. The van der Waals surface area contributed by atoms with Gasteiger partial charge in [-0.15, -0.1) is 0 Å². The van der Waals surface area contributed by atoms with E-state index < -0.39 is 23.6 Å². The quantitative estimate of drug-likeness (QED) is 0.853. The van der Waals surface area contributed by atoms with Crippen LogP contribution in [0.4, 0.5) is 13.2 Å². The van der Waals surface area contributed by atoms with Crippen LogP contribution in [0.5, 0.6) is 5.75 Å². The van der Waals surface area contributed by atoms with E-state index in [1.165, 1.54) is 6.07 Å². The van der Waals surface area contributed by atoms with E-state index in [-0.39, 0.29) is 5.56 Å². The van der Waals surface area contributed by atoms with Crippen molar-refractivity contribution in [3.05, 3.63) is 53.3 Å². The number of aromatic hydroxyl groups is 1. The molecule has 0 amide bonds. The van der Waals surface area contributed by atoms with Crippen LogP contribution in [0.2, 0.25) is 0 Å². The number of hydrogen-bond donors (Lipinski definition) is 1. The minimum absolute atomic E-state index is 0.0655. The fourth-order valence-electron chi connectivity index (χ4n) is 1.93. The van der Waals surface area contributed by atoms with Crippen LogP contribution in [0.15, 0.2) is 36.4 Å². The maximum Gasteiger partial charge on any atom is 0.270 e. The van der Waals surface area contributed by atoms with E-state index in [1.807, 2.05) is 19.1 Å². The van der Waals surface area contributed by atoms with Crippen LogP contribution in [0, 0.1) is 5.82 Å². The molecule has 4 heteroatoms. The lowest BCUT2D eigenvalue weighted by Gasteiger charge is -2.10. The van der Waals surface area contributed by atoms with Crippen LogP contribution in [-0.4, -0.2) is 5.11 Å². The molecule has 0 aliphatic heterocycles.